The van der Waals surface area contributed by atoms with Crippen LogP contribution in [0.4, 0.5) is 0 Å². The first kappa shape index (κ1) is 12.0. The molecule has 2 heteroatoms. The van der Waals surface area contributed by atoms with Crippen LogP contribution in [0.1, 0.15) is 46.5 Å². The van der Waals surface area contributed by atoms with Crippen molar-refractivity contribution < 1.29 is 0 Å². The molecular formula is C12H26N2. The van der Waals surface area contributed by atoms with Crippen LogP contribution >= 0.6 is 0 Å². The van der Waals surface area contributed by atoms with Crippen LogP contribution in [0.25, 0.3) is 0 Å². The van der Waals surface area contributed by atoms with Gasteiger partial charge < -0.3 is 5.32 Å². The van der Waals surface area contributed by atoms with Crippen molar-refractivity contribution in [1.29, 1.82) is 0 Å². The van der Waals surface area contributed by atoms with Gasteiger partial charge in [0.05, 0.1) is 0 Å². The van der Waals surface area contributed by atoms with E-state index in [0.29, 0.717) is 0 Å². The van der Waals surface area contributed by atoms with Crippen LogP contribution < -0.4 is 5.32 Å². The Labute approximate surface area is 89.1 Å². The maximum Gasteiger partial charge on any atom is 0.0221 e. The van der Waals surface area contributed by atoms with Gasteiger partial charge in [-0.3, -0.25) is 4.90 Å². The zero-order valence-electron chi connectivity index (χ0n) is 10.1. The number of rotatable bonds is 5. The Balaban J connectivity index is 2.42. The van der Waals surface area contributed by atoms with Crippen LogP contribution in [0.15, 0.2) is 0 Å². The SMILES string of the molecule is CCCC1CNC(CC)CN1CCC. The van der Waals surface area contributed by atoms with E-state index in [-0.39, 0.29) is 0 Å². The van der Waals surface area contributed by atoms with Gasteiger partial charge >= 0.3 is 0 Å². The van der Waals surface area contributed by atoms with Crippen LogP contribution in [-0.2, 0) is 0 Å². The highest BCUT2D eigenvalue weighted by Crippen LogP contribution is 2.13. The van der Waals surface area contributed by atoms with E-state index in [2.05, 4.69) is 31.0 Å². The Bertz CT molecular complexity index is 147. The summed E-state index contributed by atoms with van der Waals surface area (Å²) in [5, 5.41) is 3.65. The van der Waals surface area contributed by atoms with Gasteiger partial charge in [-0.25, -0.2) is 0 Å². The summed E-state index contributed by atoms with van der Waals surface area (Å²) in [6.07, 6.45) is 5.21. The quantitative estimate of drug-likeness (QED) is 0.729. The first-order valence-electron chi connectivity index (χ1n) is 6.29. The van der Waals surface area contributed by atoms with E-state index < -0.39 is 0 Å². The lowest BCUT2D eigenvalue weighted by Gasteiger charge is -2.40. The number of nitrogens with zero attached hydrogens (tertiary/aromatic N) is 1. The monoisotopic (exact) mass is 198 g/mol. The van der Waals surface area contributed by atoms with Gasteiger partial charge in [0.1, 0.15) is 0 Å². The van der Waals surface area contributed by atoms with Gasteiger partial charge in [-0.1, -0.05) is 27.2 Å². The zero-order chi connectivity index (χ0) is 10.4. The van der Waals surface area contributed by atoms with Crippen LogP contribution in [0.5, 0.6) is 0 Å². The van der Waals surface area contributed by atoms with Gasteiger partial charge in [0.25, 0.3) is 0 Å². The summed E-state index contributed by atoms with van der Waals surface area (Å²) < 4.78 is 0. The predicted octanol–water partition coefficient (Wildman–Crippen LogP) is 2.25. The fourth-order valence-corrected chi connectivity index (χ4v) is 2.38. The molecule has 2 atom stereocenters. The first-order chi connectivity index (χ1) is 6.81. The van der Waals surface area contributed by atoms with Crippen molar-refractivity contribution in [3.05, 3.63) is 0 Å². The van der Waals surface area contributed by atoms with Crippen LogP contribution in [0.2, 0.25) is 0 Å². The Morgan fingerprint density at radius 2 is 2.00 bits per heavy atom. The molecule has 1 fully saturated rings. The van der Waals surface area contributed by atoms with Gasteiger partial charge in [-0.05, 0) is 25.8 Å². The lowest BCUT2D eigenvalue weighted by atomic mass is 10.0. The molecule has 0 amide bonds. The molecule has 0 bridgehead atoms. The minimum Gasteiger partial charge on any atom is -0.311 e. The molecule has 84 valence electrons. The number of hydrogen-bond acceptors (Lipinski definition) is 2. The fourth-order valence-electron chi connectivity index (χ4n) is 2.38. The van der Waals surface area contributed by atoms with E-state index >= 15 is 0 Å². The van der Waals surface area contributed by atoms with Crippen LogP contribution in [0, 0.1) is 0 Å². The van der Waals surface area contributed by atoms with E-state index in [1.54, 1.807) is 0 Å². The highest BCUT2D eigenvalue weighted by molar-refractivity contribution is 4.84. The van der Waals surface area contributed by atoms with Crippen molar-refractivity contribution in [2.75, 3.05) is 19.6 Å². The van der Waals surface area contributed by atoms with Crippen LogP contribution in [-0.4, -0.2) is 36.6 Å². The van der Waals surface area contributed by atoms with Crippen molar-refractivity contribution in [3.8, 4) is 0 Å². The molecule has 1 rings (SSSR count). The summed E-state index contributed by atoms with van der Waals surface area (Å²) >= 11 is 0. The molecule has 1 N–H and O–H groups in total. The third-order valence-corrected chi connectivity index (χ3v) is 3.24. The first-order valence-corrected chi connectivity index (χ1v) is 6.29. The summed E-state index contributed by atoms with van der Waals surface area (Å²) in [5.74, 6) is 0. The Morgan fingerprint density at radius 1 is 1.21 bits per heavy atom. The lowest BCUT2D eigenvalue weighted by Crippen LogP contribution is -2.56. The van der Waals surface area contributed by atoms with E-state index in [4.69, 9.17) is 0 Å². The molecule has 0 radical (unpaired) electrons. The average Bonchev–Trinajstić information content (AvgIpc) is 2.21. The molecule has 1 aliphatic rings. The molecule has 1 aliphatic heterocycles. The Kier molecular flexibility index (Phi) is 5.49. The lowest BCUT2D eigenvalue weighted by molar-refractivity contribution is 0.121. The number of nitrogens with one attached hydrogen (secondary N) is 1. The molecule has 0 aromatic carbocycles. The average molecular weight is 198 g/mol. The summed E-state index contributed by atoms with van der Waals surface area (Å²) in [7, 11) is 0. The maximum absolute atomic E-state index is 3.65. The van der Waals surface area contributed by atoms with E-state index in [1.807, 2.05) is 0 Å². The van der Waals surface area contributed by atoms with Crippen molar-refractivity contribution in [2.45, 2.75) is 58.5 Å². The molecule has 0 aliphatic carbocycles. The molecule has 0 saturated carbocycles. The highest BCUT2D eigenvalue weighted by atomic mass is 15.2. The summed E-state index contributed by atoms with van der Waals surface area (Å²) in [4.78, 5) is 2.69. The zero-order valence-corrected chi connectivity index (χ0v) is 10.1. The van der Waals surface area contributed by atoms with Crippen molar-refractivity contribution in [2.24, 2.45) is 0 Å². The van der Waals surface area contributed by atoms with Crippen molar-refractivity contribution in [1.82, 2.24) is 10.2 Å². The fraction of sp³-hybridized carbons (Fsp3) is 1.00. The Morgan fingerprint density at radius 3 is 2.57 bits per heavy atom. The minimum absolute atomic E-state index is 0.731. The van der Waals surface area contributed by atoms with Gasteiger partial charge in [0.15, 0.2) is 0 Å². The third-order valence-electron chi connectivity index (χ3n) is 3.24. The number of hydrogen-bond donors (Lipinski definition) is 1. The molecular weight excluding hydrogens is 172 g/mol. The third kappa shape index (κ3) is 3.25. The van der Waals surface area contributed by atoms with E-state index in [1.165, 1.54) is 45.3 Å². The molecule has 2 nitrogen and oxygen atoms in total. The molecule has 1 heterocycles. The Hall–Kier alpha value is -0.0800. The van der Waals surface area contributed by atoms with Crippen LogP contribution in [0.3, 0.4) is 0 Å². The normalized spacial score (nSPS) is 29.4. The van der Waals surface area contributed by atoms with E-state index in [0.717, 1.165) is 12.1 Å². The van der Waals surface area contributed by atoms with Gasteiger partial charge in [-0.15, -0.1) is 0 Å². The highest BCUT2D eigenvalue weighted by Gasteiger charge is 2.25. The topological polar surface area (TPSA) is 15.3 Å². The predicted molar refractivity (Wildman–Crippen MR) is 62.6 cm³/mol. The summed E-state index contributed by atoms with van der Waals surface area (Å²) in [5.41, 5.74) is 0. The molecule has 14 heavy (non-hydrogen) atoms. The summed E-state index contributed by atoms with van der Waals surface area (Å²) in [6, 6.07) is 1.53. The molecule has 2 unspecified atom stereocenters. The van der Waals surface area contributed by atoms with Gasteiger partial charge in [0, 0.05) is 25.2 Å². The van der Waals surface area contributed by atoms with E-state index in [9.17, 15) is 0 Å². The number of piperazine rings is 1. The second-order valence-electron chi connectivity index (χ2n) is 4.45. The van der Waals surface area contributed by atoms with Crippen molar-refractivity contribution >= 4 is 0 Å². The second kappa shape index (κ2) is 6.41. The second-order valence-corrected chi connectivity index (χ2v) is 4.45. The molecule has 0 aromatic heterocycles. The van der Waals surface area contributed by atoms with Gasteiger partial charge in [0.2, 0.25) is 0 Å². The standard InChI is InChI=1S/C12H26N2/c1-4-7-12-9-13-11(6-3)10-14(12)8-5-2/h11-13H,4-10H2,1-3H3. The minimum atomic E-state index is 0.731. The summed E-state index contributed by atoms with van der Waals surface area (Å²) in [6.45, 7) is 10.6. The molecule has 0 aromatic rings. The largest absolute Gasteiger partial charge is 0.311 e. The molecule has 1 saturated heterocycles. The van der Waals surface area contributed by atoms with Crippen molar-refractivity contribution in [3.63, 3.8) is 0 Å². The van der Waals surface area contributed by atoms with Gasteiger partial charge in [-0.2, -0.15) is 0 Å². The molecule has 0 spiro atoms. The maximum atomic E-state index is 3.65. The smallest absolute Gasteiger partial charge is 0.0221 e.